The molecule has 1 unspecified atom stereocenters. The van der Waals surface area contributed by atoms with Crippen LogP contribution < -0.4 is 10.6 Å². The normalized spacial score (nSPS) is 11.9. The second-order valence-electron chi connectivity index (χ2n) is 3.84. The van der Waals surface area contributed by atoms with Gasteiger partial charge in [-0.2, -0.15) is 0 Å². The molecule has 0 aliphatic heterocycles. The molecule has 3 N–H and O–H groups in total. The Balaban J connectivity index is 2.40. The third-order valence-corrected chi connectivity index (χ3v) is 2.35. The Kier molecular flexibility index (Phi) is 4.79. The molecular formula is C12H18N2O2. The fourth-order valence-corrected chi connectivity index (χ4v) is 1.30. The van der Waals surface area contributed by atoms with E-state index in [9.17, 15) is 4.79 Å². The molecule has 0 aromatic heterocycles. The Bertz CT molecular complexity index is 353. The van der Waals surface area contributed by atoms with Crippen LogP contribution in [0.3, 0.4) is 0 Å². The molecule has 1 aromatic rings. The Hall–Kier alpha value is -1.55. The summed E-state index contributed by atoms with van der Waals surface area (Å²) in [6.45, 7) is 4.19. The summed E-state index contributed by atoms with van der Waals surface area (Å²) in [5.41, 5.74) is 2.24. The van der Waals surface area contributed by atoms with Gasteiger partial charge in [-0.15, -0.1) is 0 Å². The van der Waals surface area contributed by atoms with E-state index in [1.807, 2.05) is 31.2 Å². The highest BCUT2D eigenvalue weighted by atomic mass is 16.3. The summed E-state index contributed by atoms with van der Waals surface area (Å²) in [4.78, 5) is 11.4. The standard InChI is InChI=1S/C12H18N2O2/c1-9-5-3-4-6-11(9)7-13-12(16)14-10(2)8-15/h3-6,10,15H,7-8H2,1-2H3,(H2,13,14,16). The van der Waals surface area contributed by atoms with E-state index in [1.165, 1.54) is 0 Å². The monoisotopic (exact) mass is 222 g/mol. The second kappa shape index (κ2) is 6.12. The molecule has 1 rings (SSSR count). The quantitative estimate of drug-likeness (QED) is 0.716. The highest BCUT2D eigenvalue weighted by Crippen LogP contribution is 2.05. The molecule has 0 radical (unpaired) electrons. The van der Waals surface area contributed by atoms with Gasteiger partial charge in [0.15, 0.2) is 0 Å². The number of aliphatic hydroxyl groups is 1. The van der Waals surface area contributed by atoms with Gasteiger partial charge < -0.3 is 15.7 Å². The smallest absolute Gasteiger partial charge is 0.315 e. The molecule has 88 valence electrons. The zero-order valence-corrected chi connectivity index (χ0v) is 9.66. The second-order valence-corrected chi connectivity index (χ2v) is 3.84. The first kappa shape index (κ1) is 12.5. The number of aliphatic hydroxyl groups excluding tert-OH is 1. The highest BCUT2D eigenvalue weighted by molar-refractivity contribution is 5.74. The van der Waals surface area contributed by atoms with Gasteiger partial charge in [0.05, 0.1) is 12.6 Å². The van der Waals surface area contributed by atoms with E-state index in [4.69, 9.17) is 5.11 Å². The van der Waals surface area contributed by atoms with Crippen molar-refractivity contribution in [3.63, 3.8) is 0 Å². The number of carbonyl (C=O) groups excluding carboxylic acids is 1. The third kappa shape index (κ3) is 3.90. The van der Waals surface area contributed by atoms with Crippen molar-refractivity contribution in [1.29, 1.82) is 0 Å². The molecule has 2 amide bonds. The average molecular weight is 222 g/mol. The molecule has 0 aliphatic rings. The van der Waals surface area contributed by atoms with Crippen LogP contribution in [0.5, 0.6) is 0 Å². The maximum absolute atomic E-state index is 11.4. The minimum Gasteiger partial charge on any atom is -0.394 e. The van der Waals surface area contributed by atoms with Crippen LogP contribution in [0, 0.1) is 6.92 Å². The SMILES string of the molecule is Cc1ccccc1CNC(=O)NC(C)CO. The molecule has 0 bridgehead atoms. The summed E-state index contributed by atoms with van der Waals surface area (Å²) >= 11 is 0. The predicted molar refractivity (Wildman–Crippen MR) is 63.1 cm³/mol. The van der Waals surface area contributed by atoms with Gasteiger partial charge in [0.2, 0.25) is 0 Å². The van der Waals surface area contributed by atoms with E-state index < -0.39 is 0 Å². The highest BCUT2D eigenvalue weighted by Gasteiger charge is 2.05. The number of hydrogen-bond donors (Lipinski definition) is 3. The predicted octanol–water partition coefficient (Wildman–Crippen LogP) is 1.18. The molecule has 1 atom stereocenters. The average Bonchev–Trinajstić information content (AvgIpc) is 2.28. The molecule has 0 saturated heterocycles. The lowest BCUT2D eigenvalue weighted by molar-refractivity contribution is 0.220. The fraction of sp³-hybridized carbons (Fsp3) is 0.417. The largest absolute Gasteiger partial charge is 0.394 e. The third-order valence-electron chi connectivity index (χ3n) is 2.35. The summed E-state index contributed by atoms with van der Waals surface area (Å²) in [6, 6.07) is 7.41. The molecule has 0 saturated carbocycles. The van der Waals surface area contributed by atoms with Gasteiger partial charge in [-0.3, -0.25) is 0 Å². The van der Waals surface area contributed by atoms with Gasteiger partial charge in [0, 0.05) is 6.54 Å². The fourth-order valence-electron chi connectivity index (χ4n) is 1.30. The lowest BCUT2D eigenvalue weighted by atomic mass is 10.1. The van der Waals surface area contributed by atoms with E-state index in [2.05, 4.69) is 10.6 Å². The minimum atomic E-state index is -0.259. The van der Waals surface area contributed by atoms with Crippen LogP contribution in [0.2, 0.25) is 0 Å². The van der Waals surface area contributed by atoms with Crippen molar-refractivity contribution >= 4 is 6.03 Å². The van der Waals surface area contributed by atoms with Crippen molar-refractivity contribution in [3.8, 4) is 0 Å². The van der Waals surface area contributed by atoms with Crippen molar-refractivity contribution < 1.29 is 9.90 Å². The van der Waals surface area contributed by atoms with Gasteiger partial charge in [0.25, 0.3) is 0 Å². The molecule has 1 aromatic carbocycles. The zero-order valence-electron chi connectivity index (χ0n) is 9.66. The molecule has 0 fully saturated rings. The van der Waals surface area contributed by atoms with Crippen LogP contribution in [0.4, 0.5) is 4.79 Å². The summed E-state index contributed by atoms with van der Waals surface area (Å²) in [6.07, 6.45) is 0. The van der Waals surface area contributed by atoms with Gasteiger partial charge in [-0.1, -0.05) is 24.3 Å². The van der Waals surface area contributed by atoms with Gasteiger partial charge in [-0.25, -0.2) is 4.79 Å². The maximum atomic E-state index is 11.4. The molecule has 4 nitrogen and oxygen atoms in total. The maximum Gasteiger partial charge on any atom is 0.315 e. The van der Waals surface area contributed by atoms with E-state index in [-0.39, 0.29) is 18.7 Å². The first-order chi connectivity index (χ1) is 7.63. The number of nitrogens with one attached hydrogen (secondary N) is 2. The van der Waals surface area contributed by atoms with Crippen molar-refractivity contribution in [2.75, 3.05) is 6.61 Å². The lowest BCUT2D eigenvalue weighted by Gasteiger charge is -2.12. The molecule has 0 spiro atoms. The van der Waals surface area contributed by atoms with Crippen molar-refractivity contribution in [3.05, 3.63) is 35.4 Å². The van der Waals surface area contributed by atoms with Crippen molar-refractivity contribution in [2.45, 2.75) is 26.4 Å². The molecular weight excluding hydrogens is 204 g/mol. The molecule has 4 heteroatoms. The van der Waals surface area contributed by atoms with Crippen LogP contribution in [0.15, 0.2) is 24.3 Å². The van der Waals surface area contributed by atoms with Crippen molar-refractivity contribution in [2.24, 2.45) is 0 Å². The van der Waals surface area contributed by atoms with Gasteiger partial charge >= 0.3 is 6.03 Å². The minimum absolute atomic E-state index is 0.0578. The van der Waals surface area contributed by atoms with E-state index in [1.54, 1.807) is 6.92 Å². The Morgan fingerprint density at radius 3 is 2.75 bits per heavy atom. The molecule has 0 heterocycles. The number of aryl methyl sites for hydroxylation is 1. The lowest BCUT2D eigenvalue weighted by Crippen LogP contribution is -2.42. The van der Waals surface area contributed by atoms with Crippen LogP contribution >= 0.6 is 0 Å². The number of amides is 2. The van der Waals surface area contributed by atoms with Crippen LogP contribution in [0.25, 0.3) is 0 Å². The number of hydrogen-bond acceptors (Lipinski definition) is 2. The topological polar surface area (TPSA) is 61.4 Å². The summed E-state index contributed by atoms with van der Waals surface area (Å²) in [5.74, 6) is 0. The number of benzene rings is 1. The van der Waals surface area contributed by atoms with Gasteiger partial charge in [0.1, 0.15) is 0 Å². The Labute approximate surface area is 95.7 Å². The van der Waals surface area contributed by atoms with Crippen LogP contribution in [-0.2, 0) is 6.54 Å². The van der Waals surface area contributed by atoms with E-state index in [0.29, 0.717) is 6.54 Å². The van der Waals surface area contributed by atoms with Crippen LogP contribution in [0.1, 0.15) is 18.1 Å². The van der Waals surface area contributed by atoms with Gasteiger partial charge in [-0.05, 0) is 25.0 Å². The summed E-state index contributed by atoms with van der Waals surface area (Å²) < 4.78 is 0. The molecule has 0 aliphatic carbocycles. The van der Waals surface area contributed by atoms with E-state index in [0.717, 1.165) is 11.1 Å². The number of urea groups is 1. The molecule has 16 heavy (non-hydrogen) atoms. The first-order valence-corrected chi connectivity index (χ1v) is 5.33. The zero-order chi connectivity index (χ0) is 12.0. The Morgan fingerprint density at radius 2 is 2.12 bits per heavy atom. The Morgan fingerprint density at radius 1 is 1.44 bits per heavy atom. The van der Waals surface area contributed by atoms with Crippen LogP contribution in [-0.4, -0.2) is 23.8 Å². The first-order valence-electron chi connectivity index (χ1n) is 5.33. The van der Waals surface area contributed by atoms with Crippen molar-refractivity contribution in [1.82, 2.24) is 10.6 Å². The summed E-state index contributed by atoms with van der Waals surface area (Å²) in [5, 5.41) is 14.1. The summed E-state index contributed by atoms with van der Waals surface area (Å²) in [7, 11) is 0. The van der Waals surface area contributed by atoms with E-state index >= 15 is 0 Å². The number of rotatable bonds is 4. The number of carbonyl (C=O) groups is 1.